The number of aliphatic carboxylic acids is 1. The number of hydrogen-bond acceptors (Lipinski definition) is 2. The molecule has 1 aromatic carbocycles. The largest absolute Gasteiger partial charge is 0.481 e. The molecule has 0 amide bonds. The molecule has 0 saturated heterocycles. The lowest BCUT2D eigenvalue weighted by Gasteiger charge is -2.26. The van der Waals surface area contributed by atoms with Gasteiger partial charge in [0.2, 0.25) is 0 Å². The standard InChI is InChI=1S/C12H15BrO3/c1-12(16-2,8-11(14)15)7-9-4-3-5-10(13)6-9/h3-6H,7-8H2,1-2H3,(H,14,15). The third kappa shape index (κ3) is 3.94. The Morgan fingerprint density at radius 3 is 2.75 bits per heavy atom. The Balaban J connectivity index is 2.80. The maximum atomic E-state index is 10.7. The van der Waals surface area contributed by atoms with E-state index in [9.17, 15) is 4.79 Å². The van der Waals surface area contributed by atoms with Gasteiger partial charge < -0.3 is 9.84 Å². The van der Waals surface area contributed by atoms with Crippen molar-refractivity contribution in [1.82, 2.24) is 0 Å². The predicted octanol–water partition coefficient (Wildman–Crippen LogP) is 2.87. The van der Waals surface area contributed by atoms with Gasteiger partial charge in [-0.2, -0.15) is 0 Å². The highest BCUT2D eigenvalue weighted by Gasteiger charge is 2.27. The van der Waals surface area contributed by atoms with E-state index < -0.39 is 11.6 Å². The molecule has 0 fully saturated rings. The average Bonchev–Trinajstić information content (AvgIpc) is 2.16. The van der Waals surface area contributed by atoms with Crippen molar-refractivity contribution >= 4 is 21.9 Å². The second-order valence-electron chi connectivity index (χ2n) is 4.03. The van der Waals surface area contributed by atoms with Crippen LogP contribution in [-0.2, 0) is 16.0 Å². The van der Waals surface area contributed by atoms with Crippen LogP contribution in [0.1, 0.15) is 18.9 Å². The van der Waals surface area contributed by atoms with Gasteiger partial charge in [0.05, 0.1) is 12.0 Å². The Morgan fingerprint density at radius 1 is 1.56 bits per heavy atom. The minimum Gasteiger partial charge on any atom is -0.481 e. The van der Waals surface area contributed by atoms with Crippen molar-refractivity contribution in [1.29, 1.82) is 0 Å². The van der Waals surface area contributed by atoms with Crippen LogP contribution in [-0.4, -0.2) is 23.8 Å². The van der Waals surface area contributed by atoms with Crippen molar-refractivity contribution < 1.29 is 14.6 Å². The Hall–Kier alpha value is -0.870. The first-order chi connectivity index (χ1) is 7.45. The van der Waals surface area contributed by atoms with E-state index >= 15 is 0 Å². The summed E-state index contributed by atoms with van der Waals surface area (Å²) in [6.45, 7) is 1.81. The molecule has 1 unspecified atom stereocenters. The first-order valence-electron chi connectivity index (χ1n) is 4.96. The van der Waals surface area contributed by atoms with E-state index in [-0.39, 0.29) is 6.42 Å². The fourth-order valence-electron chi connectivity index (χ4n) is 1.61. The second kappa shape index (κ2) is 5.46. The van der Waals surface area contributed by atoms with Crippen LogP contribution >= 0.6 is 15.9 Å². The van der Waals surface area contributed by atoms with Gasteiger partial charge in [-0.15, -0.1) is 0 Å². The summed E-state index contributed by atoms with van der Waals surface area (Å²) < 4.78 is 6.28. The SMILES string of the molecule is COC(C)(CC(=O)O)Cc1cccc(Br)c1. The fourth-order valence-corrected chi connectivity index (χ4v) is 2.05. The van der Waals surface area contributed by atoms with E-state index in [1.165, 1.54) is 0 Å². The van der Waals surface area contributed by atoms with Gasteiger partial charge in [0, 0.05) is 18.0 Å². The lowest BCUT2D eigenvalue weighted by atomic mass is 9.93. The van der Waals surface area contributed by atoms with Gasteiger partial charge in [-0.3, -0.25) is 4.79 Å². The number of hydrogen-bond donors (Lipinski definition) is 1. The van der Waals surface area contributed by atoms with Crippen molar-refractivity contribution in [2.45, 2.75) is 25.4 Å². The summed E-state index contributed by atoms with van der Waals surface area (Å²) in [6.07, 6.45) is 0.575. The minimum absolute atomic E-state index is 0.00396. The summed E-state index contributed by atoms with van der Waals surface area (Å²) in [5.41, 5.74) is 0.395. The number of halogens is 1. The molecule has 0 aliphatic rings. The van der Waals surface area contributed by atoms with Crippen LogP contribution in [0.5, 0.6) is 0 Å². The molecule has 88 valence electrons. The molecule has 1 N–H and O–H groups in total. The van der Waals surface area contributed by atoms with Crippen molar-refractivity contribution in [3.05, 3.63) is 34.3 Å². The monoisotopic (exact) mass is 286 g/mol. The average molecular weight is 287 g/mol. The molecule has 0 aromatic heterocycles. The lowest BCUT2D eigenvalue weighted by Crippen LogP contribution is -2.33. The van der Waals surface area contributed by atoms with Crippen LogP contribution in [0.2, 0.25) is 0 Å². The van der Waals surface area contributed by atoms with Gasteiger partial charge in [-0.25, -0.2) is 0 Å². The highest BCUT2D eigenvalue weighted by Crippen LogP contribution is 2.22. The minimum atomic E-state index is -0.848. The summed E-state index contributed by atoms with van der Waals surface area (Å²) in [5, 5.41) is 8.82. The summed E-state index contributed by atoms with van der Waals surface area (Å²) in [4.78, 5) is 10.7. The highest BCUT2D eigenvalue weighted by atomic mass is 79.9. The van der Waals surface area contributed by atoms with Crippen molar-refractivity contribution in [3.8, 4) is 0 Å². The molecule has 0 heterocycles. The lowest BCUT2D eigenvalue weighted by molar-refractivity contribution is -0.143. The van der Waals surface area contributed by atoms with Gasteiger partial charge in [-0.1, -0.05) is 28.1 Å². The van der Waals surface area contributed by atoms with Gasteiger partial charge in [0.1, 0.15) is 0 Å². The second-order valence-corrected chi connectivity index (χ2v) is 4.95. The van der Waals surface area contributed by atoms with Gasteiger partial charge >= 0.3 is 5.97 Å². The van der Waals surface area contributed by atoms with Crippen molar-refractivity contribution in [2.24, 2.45) is 0 Å². The molecular formula is C12H15BrO3. The first-order valence-corrected chi connectivity index (χ1v) is 5.76. The number of carboxylic acid groups (broad SMARTS) is 1. The molecule has 0 radical (unpaired) electrons. The first kappa shape index (κ1) is 13.2. The Labute approximate surface area is 104 Å². The number of ether oxygens (including phenoxy) is 1. The molecule has 1 rings (SSSR count). The van der Waals surface area contributed by atoms with E-state index in [1.54, 1.807) is 7.11 Å². The molecule has 0 spiro atoms. The molecule has 0 bridgehead atoms. The van der Waals surface area contributed by atoms with Crippen LogP contribution in [0, 0.1) is 0 Å². The maximum absolute atomic E-state index is 10.7. The summed E-state index contributed by atoms with van der Waals surface area (Å²) in [6, 6.07) is 7.80. The van der Waals surface area contributed by atoms with Crippen molar-refractivity contribution in [3.63, 3.8) is 0 Å². The molecule has 0 aliphatic carbocycles. The van der Waals surface area contributed by atoms with Crippen LogP contribution in [0.4, 0.5) is 0 Å². The summed E-state index contributed by atoms with van der Waals surface area (Å²) >= 11 is 3.39. The van der Waals surface area contributed by atoms with Crippen LogP contribution in [0.25, 0.3) is 0 Å². The Bertz CT molecular complexity index is 378. The van der Waals surface area contributed by atoms with Crippen LogP contribution in [0.15, 0.2) is 28.7 Å². The number of carboxylic acids is 1. The highest BCUT2D eigenvalue weighted by molar-refractivity contribution is 9.10. The molecular weight excluding hydrogens is 272 g/mol. The Morgan fingerprint density at radius 2 is 2.25 bits per heavy atom. The van der Waals surface area contributed by atoms with Crippen LogP contribution < -0.4 is 0 Å². The summed E-state index contributed by atoms with van der Waals surface area (Å²) in [7, 11) is 1.54. The zero-order valence-electron chi connectivity index (χ0n) is 9.37. The van der Waals surface area contributed by atoms with Gasteiger partial charge in [-0.05, 0) is 24.6 Å². The van der Waals surface area contributed by atoms with E-state index in [1.807, 2.05) is 31.2 Å². The molecule has 0 aliphatic heterocycles. The molecule has 16 heavy (non-hydrogen) atoms. The van der Waals surface area contributed by atoms with Crippen LogP contribution in [0.3, 0.4) is 0 Å². The predicted molar refractivity (Wildman–Crippen MR) is 65.5 cm³/mol. The van der Waals surface area contributed by atoms with E-state index in [4.69, 9.17) is 9.84 Å². The smallest absolute Gasteiger partial charge is 0.306 e. The number of benzene rings is 1. The fraction of sp³-hybridized carbons (Fsp3) is 0.417. The van der Waals surface area contributed by atoms with E-state index in [0.29, 0.717) is 6.42 Å². The molecule has 0 saturated carbocycles. The molecule has 4 heteroatoms. The third-order valence-corrected chi connectivity index (χ3v) is 2.98. The quantitative estimate of drug-likeness (QED) is 0.905. The number of methoxy groups -OCH3 is 1. The van der Waals surface area contributed by atoms with Crippen molar-refractivity contribution in [2.75, 3.05) is 7.11 Å². The summed E-state index contributed by atoms with van der Waals surface area (Å²) in [5.74, 6) is -0.848. The van der Waals surface area contributed by atoms with E-state index in [0.717, 1.165) is 10.0 Å². The number of carbonyl (C=O) groups is 1. The molecule has 3 nitrogen and oxygen atoms in total. The Kier molecular flexibility index (Phi) is 4.50. The topological polar surface area (TPSA) is 46.5 Å². The normalized spacial score (nSPS) is 14.4. The van der Waals surface area contributed by atoms with Gasteiger partial charge in [0.15, 0.2) is 0 Å². The number of rotatable bonds is 5. The zero-order chi connectivity index (χ0) is 12.2. The van der Waals surface area contributed by atoms with Gasteiger partial charge in [0.25, 0.3) is 0 Å². The maximum Gasteiger partial charge on any atom is 0.306 e. The molecule has 1 aromatic rings. The molecule has 1 atom stereocenters. The third-order valence-electron chi connectivity index (χ3n) is 2.49. The zero-order valence-corrected chi connectivity index (χ0v) is 11.0. The van der Waals surface area contributed by atoms with E-state index in [2.05, 4.69) is 15.9 Å².